The Labute approximate surface area is 145 Å². The summed E-state index contributed by atoms with van der Waals surface area (Å²) in [6, 6.07) is 0. The normalized spacial score (nSPS) is 50.3. The Morgan fingerprint density at radius 1 is 1.12 bits per heavy atom. The summed E-state index contributed by atoms with van der Waals surface area (Å²) in [4.78, 5) is 11.5. The third-order valence-corrected chi connectivity index (χ3v) is 8.31. The predicted molar refractivity (Wildman–Crippen MR) is 93.3 cm³/mol. The van der Waals surface area contributed by atoms with Gasteiger partial charge >= 0.3 is 5.97 Å². The summed E-state index contributed by atoms with van der Waals surface area (Å²) < 4.78 is 5.73. The number of ether oxygens (including phenoxy) is 1. The highest BCUT2D eigenvalue weighted by Gasteiger charge is 2.59. The van der Waals surface area contributed by atoms with Crippen LogP contribution < -0.4 is 0 Å². The zero-order valence-corrected chi connectivity index (χ0v) is 15.4. The minimum Gasteiger partial charge on any atom is -0.462 e. The molecule has 1 N–H and O–H groups in total. The number of hydrogen-bond donors (Lipinski definition) is 1. The standard InChI is InChI=1S/C21H32O3/c1-13(22)24-19-7-6-17-16-5-4-14-12-15(23)8-10-20(14,2)18(16)9-11-21(17,19)3/h12,15-19,23H,4-11H2,1-3H3/t15-,16+,17-,18+,19-,20-,21-/m0/s1. The third kappa shape index (κ3) is 2.30. The monoisotopic (exact) mass is 332 g/mol. The summed E-state index contributed by atoms with van der Waals surface area (Å²) in [5.41, 5.74) is 2.00. The lowest BCUT2D eigenvalue weighted by atomic mass is 9.47. The molecule has 0 unspecified atom stereocenters. The van der Waals surface area contributed by atoms with Crippen LogP contribution >= 0.6 is 0 Å². The van der Waals surface area contributed by atoms with E-state index in [0.29, 0.717) is 11.3 Å². The average Bonchev–Trinajstić information content (AvgIpc) is 2.84. The van der Waals surface area contributed by atoms with Gasteiger partial charge in [0.25, 0.3) is 0 Å². The maximum atomic E-state index is 11.5. The van der Waals surface area contributed by atoms with Crippen LogP contribution in [0.4, 0.5) is 0 Å². The zero-order valence-electron chi connectivity index (χ0n) is 15.4. The number of carbonyl (C=O) groups is 1. The molecule has 4 aliphatic carbocycles. The molecule has 3 nitrogen and oxygen atoms in total. The molecule has 0 aromatic heterocycles. The van der Waals surface area contributed by atoms with Gasteiger partial charge in [-0.1, -0.05) is 25.5 Å². The molecule has 0 amide bonds. The number of allylic oxidation sites excluding steroid dienone is 1. The molecule has 134 valence electrons. The number of fused-ring (bicyclic) bond motifs is 5. The van der Waals surface area contributed by atoms with Crippen LogP contribution in [0, 0.1) is 28.6 Å². The van der Waals surface area contributed by atoms with E-state index < -0.39 is 0 Å². The molecule has 24 heavy (non-hydrogen) atoms. The number of rotatable bonds is 1. The molecule has 0 heterocycles. The molecule has 0 bridgehead atoms. The van der Waals surface area contributed by atoms with Crippen molar-refractivity contribution in [3.05, 3.63) is 11.6 Å². The van der Waals surface area contributed by atoms with E-state index in [1.54, 1.807) is 6.92 Å². The maximum absolute atomic E-state index is 11.5. The van der Waals surface area contributed by atoms with Crippen molar-refractivity contribution in [2.45, 2.75) is 84.3 Å². The highest BCUT2D eigenvalue weighted by molar-refractivity contribution is 5.66. The summed E-state index contributed by atoms with van der Waals surface area (Å²) in [5, 5.41) is 10.0. The topological polar surface area (TPSA) is 46.5 Å². The molecule has 0 aromatic rings. The Balaban J connectivity index is 1.61. The molecule has 0 radical (unpaired) electrons. The van der Waals surface area contributed by atoms with E-state index in [1.807, 2.05) is 0 Å². The van der Waals surface area contributed by atoms with Crippen molar-refractivity contribution >= 4 is 5.97 Å². The van der Waals surface area contributed by atoms with E-state index in [0.717, 1.165) is 37.5 Å². The second-order valence-electron chi connectivity index (χ2n) is 9.35. The summed E-state index contributed by atoms with van der Waals surface area (Å²) >= 11 is 0. The Morgan fingerprint density at radius 2 is 1.92 bits per heavy atom. The average molecular weight is 332 g/mol. The van der Waals surface area contributed by atoms with Crippen molar-refractivity contribution < 1.29 is 14.6 Å². The van der Waals surface area contributed by atoms with Gasteiger partial charge in [-0.05, 0) is 74.5 Å². The molecular weight excluding hydrogens is 300 g/mol. The summed E-state index contributed by atoms with van der Waals surface area (Å²) in [5.74, 6) is 2.10. The number of aliphatic hydroxyl groups is 1. The number of esters is 1. The first-order chi connectivity index (χ1) is 11.3. The molecule has 0 aliphatic heterocycles. The lowest BCUT2D eigenvalue weighted by molar-refractivity contribution is -0.157. The van der Waals surface area contributed by atoms with Gasteiger partial charge in [0, 0.05) is 12.3 Å². The van der Waals surface area contributed by atoms with E-state index in [9.17, 15) is 9.90 Å². The van der Waals surface area contributed by atoms with Crippen LogP contribution in [0.25, 0.3) is 0 Å². The van der Waals surface area contributed by atoms with Gasteiger partial charge in [0.05, 0.1) is 6.10 Å². The van der Waals surface area contributed by atoms with Crippen molar-refractivity contribution in [3.8, 4) is 0 Å². The smallest absolute Gasteiger partial charge is 0.302 e. The number of hydrogen-bond acceptors (Lipinski definition) is 3. The lowest BCUT2D eigenvalue weighted by Crippen LogP contribution is -2.51. The molecule has 0 saturated heterocycles. The van der Waals surface area contributed by atoms with Crippen LogP contribution in [0.3, 0.4) is 0 Å². The second kappa shape index (κ2) is 5.59. The fraction of sp³-hybridized carbons (Fsp3) is 0.857. The van der Waals surface area contributed by atoms with Crippen molar-refractivity contribution in [2.75, 3.05) is 0 Å². The SMILES string of the molecule is CC(=O)O[C@H]1CC[C@H]2[C@H]3CCC4=C[C@@H](O)CC[C@]4(C)[C@@H]3CC[C@]12C. The van der Waals surface area contributed by atoms with E-state index in [2.05, 4.69) is 19.9 Å². The largest absolute Gasteiger partial charge is 0.462 e. The van der Waals surface area contributed by atoms with Crippen LogP contribution in [0.15, 0.2) is 11.6 Å². The van der Waals surface area contributed by atoms with E-state index in [-0.39, 0.29) is 23.6 Å². The first-order valence-electron chi connectivity index (χ1n) is 9.91. The minimum atomic E-state index is -0.224. The molecular formula is C21H32O3. The molecule has 0 aromatic carbocycles. The van der Waals surface area contributed by atoms with Gasteiger partial charge in [-0.3, -0.25) is 4.79 Å². The minimum absolute atomic E-state index is 0.119. The molecule has 4 rings (SSSR count). The van der Waals surface area contributed by atoms with Crippen molar-refractivity contribution in [1.82, 2.24) is 0 Å². The van der Waals surface area contributed by atoms with Gasteiger partial charge in [-0.2, -0.15) is 0 Å². The van der Waals surface area contributed by atoms with E-state index >= 15 is 0 Å². The van der Waals surface area contributed by atoms with E-state index in [4.69, 9.17) is 4.74 Å². The second-order valence-corrected chi connectivity index (χ2v) is 9.35. The Kier molecular flexibility index (Phi) is 3.87. The first-order valence-corrected chi connectivity index (χ1v) is 9.91. The fourth-order valence-corrected chi connectivity index (χ4v) is 7.06. The molecule has 0 spiro atoms. The van der Waals surface area contributed by atoms with Gasteiger partial charge in [0.1, 0.15) is 6.10 Å². The first kappa shape index (κ1) is 16.6. The van der Waals surface area contributed by atoms with Gasteiger partial charge < -0.3 is 9.84 Å². The van der Waals surface area contributed by atoms with Gasteiger partial charge in [-0.15, -0.1) is 0 Å². The summed E-state index contributed by atoms with van der Waals surface area (Å²) in [6.07, 6.45) is 11.2. The van der Waals surface area contributed by atoms with Gasteiger partial charge in [0.15, 0.2) is 0 Å². The molecule has 3 heteroatoms. The van der Waals surface area contributed by atoms with Gasteiger partial charge in [0.2, 0.25) is 0 Å². The fourth-order valence-electron chi connectivity index (χ4n) is 7.06. The zero-order chi connectivity index (χ0) is 17.1. The van der Waals surface area contributed by atoms with Crippen molar-refractivity contribution in [1.29, 1.82) is 0 Å². The molecule has 7 atom stereocenters. The lowest BCUT2D eigenvalue weighted by Gasteiger charge is -2.58. The quantitative estimate of drug-likeness (QED) is 0.577. The van der Waals surface area contributed by atoms with Crippen molar-refractivity contribution in [2.24, 2.45) is 28.6 Å². The molecule has 4 aliphatic rings. The Hall–Kier alpha value is -0.830. The van der Waals surface area contributed by atoms with Gasteiger partial charge in [-0.25, -0.2) is 0 Å². The van der Waals surface area contributed by atoms with Crippen LogP contribution in [0.5, 0.6) is 0 Å². The van der Waals surface area contributed by atoms with Crippen LogP contribution in [-0.2, 0) is 9.53 Å². The summed E-state index contributed by atoms with van der Waals surface area (Å²) in [6.45, 7) is 6.39. The summed E-state index contributed by atoms with van der Waals surface area (Å²) in [7, 11) is 0. The Bertz CT molecular complexity index is 567. The molecule has 3 saturated carbocycles. The number of carbonyl (C=O) groups excluding carboxylic acids is 1. The van der Waals surface area contributed by atoms with Crippen LogP contribution in [-0.4, -0.2) is 23.3 Å². The Morgan fingerprint density at radius 3 is 2.67 bits per heavy atom. The van der Waals surface area contributed by atoms with E-state index in [1.165, 1.54) is 31.3 Å². The highest BCUT2D eigenvalue weighted by atomic mass is 16.5. The third-order valence-electron chi connectivity index (χ3n) is 8.31. The highest BCUT2D eigenvalue weighted by Crippen LogP contribution is 2.65. The molecule has 3 fully saturated rings. The van der Waals surface area contributed by atoms with Crippen molar-refractivity contribution in [3.63, 3.8) is 0 Å². The number of aliphatic hydroxyl groups excluding tert-OH is 1. The van der Waals surface area contributed by atoms with Crippen LogP contribution in [0.2, 0.25) is 0 Å². The maximum Gasteiger partial charge on any atom is 0.302 e. The predicted octanol–water partition coefficient (Wildman–Crippen LogP) is 4.24. The van der Waals surface area contributed by atoms with Crippen LogP contribution in [0.1, 0.15) is 72.1 Å².